The average Bonchev–Trinajstić information content (AvgIpc) is 2.20. The molecule has 4 heteroatoms. The minimum Gasteiger partial charge on any atom is -0.494 e. The summed E-state index contributed by atoms with van der Waals surface area (Å²) in [7, 11) is 1.97. The van der Waals surface area contributed by atoms with Crippen molar-refractivity contribution in [1.82, 2.24) is 5.43 Å². The molecule has 0 bridgehead atoms. The highest BCUT2D eigenvalue weighted by Crippen LogP contribution is 2.17. The molecule has 78 valence electrons. The molecule has 14 heavy (non-hydrogen) atoms. The fraction of sp³-hybridized carbons (Fsp3) is 0.400. The summed E-state index contributed by atoms with van der Waals surface area (Å²) in [6.07, 6.45) is 0. The molecule has 0 spiro atoms. The van der Waals surface area contributed by atoms with Crippen molar-refractivity contribution in [3.63, 3.8) is 0 Å². The van der Waals surface area contributed by atoms with Gasteiger partial charge in [0, 0.05) is 12.7 Å². The molecular formula is C10H17N3O. The topological polar surface area (TPSA) is 50.5 Å². The van der Waals surface area contributed by atoms with Crippen molar-refractivity contribution in [1.29, 1.82) is 0 Å². The van der Waals surface area contributed by atoms with Crippen molar-refractivity contribution in [2.45, 2.75) is 6.92 Å². The lowest BCUT2D eigenvalue weighted by Gasteiger charge is -2.18. The van der Waals surface area contributed by atoms with Gasteiger partial charge in [-0.2, -0.15) is 0 Å². The molecule has 0 aliphatic rings. The summed E-state index contributed by atoms with van der Waals surface area (Å²) in [5.74, 6) is 6.12. The monoisotopic (exact) mass is 195 g/mol. The smallest absolute Gasteiger partial charge is 0.119 e. The second kappa shape index (κ2) is 5.47. The SMILES string of the molecule is CCOc1ccc(N(C)CNN)cc1. The van der Waals surface area contributed by atoms with E-state index in [-0.39, 0.29) is 0 Å². The largest absolute Gasteiger partial charge is 0.494 e. The van der Waals surface area contributed by atoms with Gasteiger partial charge in [-0.15, -0.1) is 0 Å². The van der Waals surface area contributed by atoms with Crippen LogP contribution in [0.3, 0.4) is 0 Å². The van der Waals surface area contributed by atoms with Crippen LogP contribution in [0.25, 0.3) is 0 Å². The van der Waals surface area contributed by atoms with E-state index >= 15 is 0 Å². The Balaban J connectivity index is 2.62. The van der Waals surface area contributed by atoms with Gasteiger partial charge < -0.3 is 9.64 Å². The minimum absolute atomic E-state index is 0.619. The number of benzene rings is 1. The van der Waals surface area contributed by atoms with Gasteiger partial charge in [-0.05, 0) is 31.2 Å². The van der Waals surface area contributed by atoms with Crippen molar-refractivity contribution in [2.24, 2.45) is 5.84 Å². The zero-order chi connectivity index (χ0) is 10.4. The summed E-state index contributed by atoms with van der Waals surface area (Å²) in [5, 5.41) is 0. The predicted molar refractivity (Wildman–Crippen MR) is 58.2 cm³/mol. The highest BCUT2D eigenvalue weighted by Gasteiger charge is 1.99. The Morgan fingerprint density at radius 2 is 2.00 bits per heavy atom. The first-order valence-corrected chi connectivity index (χ1v) is 4.65. The molecule has 3 N–H and O–H groups in total. The number of hydrazine groups is 1. The van der Waals surface area contributed by atoms with Gasteiger partial charge in [-0.1, -0.05) is 0 Å². The maximum Gasteiger partial charge on any atom is 0.119 e. The summed E-state index contributed by atoms with van der Waals surface area (Å²) in [4.78, 5) is 2.01. The average molecular weight is 195 g/mol. The number of rotatable bonds is 5. The molecule has 1 rings (SSSR count). The summed E-state index contributed by atoms with van der Waals surface area (Å²) >= 11 is 0. The Labute approximate surface area is 84.6 Å². The van der Waals surface area contributed by atoms with Gasteiger partial charge in [0.1, 0.15) is 5.75 Å². The van der Waals surface area contributed by atoms with Gasteiger partial charge in [0.05, 0.1) is 13.3 Å². The molecule has 0 amide bonds. The Morgan fingerprint density at radius 1 is 1.36 bits per heavy atom. The standard InChI is InChI=1S/C10H17N3O/c1-3-14-10-6-4-9(5-7-10)13(2)8-12-11/h4-7,12H,3,8,11H2,1-2H3. The molecule has 0 aromatic heterocycles. The van der Waals surface area contributed by atoms with E-state index in [4.69, 9.17) is 10.6 Å². The van der Waals surface area contributed by atoms with Gasteiger partial charge in [0.15, 0.2) is 0 Å². The number of nitrogens with one attached hydrogen (secondary N) is 1. The van der Waals surface area contributed by atoms with E-state index in [1.54, 1.807) is 0 Å². The van der Waals surface area contributed by atoms with Crippen molar-refractivity contribution in [2.75, 3.05) is 25.2 Å². The number of hydrogen-bond acceptors (Lipinski definition) is 4. The van der Waals surface area contributed by atoms with Gasteiger partial charge in [-0.3, -0.25) is 5.84 Å². The molecule has 0 aliphatic carbocycles. The molecule has 0 atom stereocenters. The minimum atomic E-state index is 0.619. The van der Waals surface area contributed by atoms with Crippen LogP contribution in [0, 0.1) is 0 Å². The molecule has 0 saturated carbocycles. The first-order valence-electron chi connectivity index (χ1n) is 4.65. The molecule has 0 radical (unpaired) electrons. The third kappa shape index (κ3) is 2.90. The van der Waals surface area contributed by atoms with Crippen LogP contribution in [0.15, 0.2) is 24.3 Å². The van der Waals surface area contributed by atoms with E-state index in [2.05, 4.69) is 5.43 Å². The van der Waals surface area contributed by atoms with Crippen molar-refractivity contribution in [3.05, 3.63) is 24.3 Å². The molecule has 4 nitrogen and oxygen atoms in total. The molecule has 0 fully saturated rings. The lowest BCUT2D eigenvalue weighted by atomic mass is 10.3. The van der Waals surface area contributed by atoms with E-state index in [9.17, 15) is 0 Å². The van der Waals surface area contributed by atoms with Crippen molar-refractivity contribution >= 4 is 5.69 Å². The van der Waals surface area contributed by atoms with Crippen LogP contribution in [0.5, 0.6) is 5.75 Å². The fourth-order valence-electron chi connectivity index (χ4n) is 1.19. The van der Waals surface area contributed by atoms with Crippen LogP contribution in [0.2, 0.25) is 0 Å². The predicted octanol–water partition coefficient (Wildman–Crippen LogP) is 0.942. The second-order valence-corrected chi connectivity index (χ2v) is 2.99. The maximum atomic E-state index is 5.34. The quantitative estimate of drug-likeness (QED) is 0.417. The van der Waals surface area contributed by atoms with Gasteiger partial charge in [0.2, 0.25) is 0 Å². The van der Waals surface area contributed by atoms with E-state index in [0.29, 0.717) is 13.3 Å². The molecule has 1 aromatic carbocycles. The number of ether oxygens (including phenoxy) is 1. The summed E-state index contributed by atoms with van der Waals surface area (Å²) < 4.78 is 5.34. The van der Waals surface area contributed by atoms with Crippen LogP contribution in [-0.2, 0) is 0 Å². The van der Waals surface area contributed by atoms with Crippen LogP contribution in [0.1, 0.15) is 6.92 Å². The van der Waals surface area contributed by atoms with Crippen LogP contribution in [-0.4, -0.2) is 20.3 Å². The van der Waals surface area contributed by atoms with E-state index in [1.165, 1.54) is 0 Å². The highest BCUT2D eigenvalue weighted by atomic mass is 16.5. The Hall–Kier alpha value is -1.26. The van der Waals surface area contributed by atoms with E-state index in [0.717, 1.165) is 11.4 Å². The zero-order valence-corrected chi connectivity index (χ0v) is 8.66. The normalized spacial score (nSPS) is 9.93. The van der Waals surface area contributed by atoms with Crippen LogP contribution >= 0.6 is 0 Å². The molecule has 0 unspecified atom stereocenters. The highest BCUT2D eigenvalue weighted by molar-refractivity contribution is 5.48. The van der Waals surface area contributed by atoms with E-state index in [1.807, 2.05) is 43.1 Å². The van der Waals surface area contributed by atoms with Gasteiger partial charge in [0.25, 0.3) is 0 Å². The Kier molecular flexibility index (Phi) is 4.22. The zero-order valence-electron chi connectivity index (χ0n) is 8.66. The Bertz CT molecular complexity index is 261. The molecule has 0 aliphatic heterocycles. The maximum absolute atomic E-state index is 5.34. The summed E-state index contributed by atoms with van der Waals surface area (Å²) in [6.45, 7) is 3.28. The number of anilines is 1. The summed E-state index contributed by atoms with van der Waals surface area (Å²) in [5.41, 5.74) is 3.70. The van der Waals surface area contributed by atoms with Crippen LogP contribution < -0.4 is 20.9 Å². The molecule has 0 saturated heterocycles. The Morgan fingerprint density at radius 3 is 2.50 bits per heavy atom. The van der Waals surface area contributed by atoms with Gasteiger partial charge >= 0.3 is 0 Å². The van der Waals surface area contributed by atoms with Crippen LogP contribution in [0.4, 0.5) is 5.69 Å². The number of hydrogen-bond donors (Lipinski definition) is 2. The van der Waals surface area contributed by atoms with Crippen molar-refractivity contribution in [3.8, 4) is 5.75 Å². The summed E-state index contributed by atoms with van der Waals surface area (Å²) in [6, 6.07) is 7.91. The first-order chi connectivity index (χ1) is 6.77. The molecular weight excluding hydrogens is 178 g/mol. The third-order valence-electron chi connectivity index (χ3n) is 1.92. The second-order valence-electron chi connectivity index (χ2n) is 2.99. The van der Waals surface area contributed by atoms with Gasteiger partial charge in [-0.25, -0.2) is 5.43 Å². The lowest BCUT2D eigenvalue weighted by Crippen LogP contribution is -2.35. The molecule has 0 heterocycles. The number of nitrogens with zero attached hydrogens (tertiary/aromatic N) is 1. The first kappa shape index (κ1) is 10.8. The van der Waals surface area contributed by atoms with E-state index < -0.39 is 0 Å². The molecule has 1 aromatic rings. The third-order valence-corrected chi connectivity index (χ3v) is 1.92. The fourth-order valence-corrected chi connectivity index (χ4v) is 1.19. The number of nitrogens with two attached hydrogens (primary N) is 1. The lowest BCUT2D eigenvalue weighted by molar-refractivity contribution is 0.340. The van der Waals surface area contributed by atoms with Crippen molar-refractivity contribution < 1.29 is 4.74 Å².